The zero-order valence-electron chi connectivity index (χ0n) is 15.5. The Kier molecular flexibility index (Phi) is 6.78. The van der Waals surface area contributed by atoms with Gasteiger partial charge in [-0.05, 0) is 50.0 Å². The van der Waals surface area contributed by atoms with E-state index in [1.807, 2.05) is 52.1 Å². The lowest BCUT2D eigenvalue weighted by Crippen LogP contribution is -2.29. The van der Waals surface area contributed by atoms with Gasteiger partial charge in [-0.25, -0.2) is 9.36 Å². The van der Waals surface area contributed by atoms with Gasteiger partial charge < -0.3 is 10.6 Å². The van der Waals surface area contributed by atoms with Crippen LogP contribution in [0.1, 0.15) is 34.9 Å². The van der Waals surface area contributed by atoms with E-state index in [0.29, 0.717) is 24.7 Å². The van der Waals surface area contributed by atoms with Crippen molar-refractivity contribution >= 4 is 18.3 Å². The first-order valence-electron chi connectivity index (χ1n) is 9.29. The highest BCUT2D eigenvalue weighted by molar-refractivity contribution is 5.91. The average molecular weight is 402 g/mol. The molecular formula is C19H24ClN7O. The van der Waals surface area contributed by atoms with Crippen molar-refractivity contribution in [2.24, 2.45) is 0 Å². The van der Waals surface area contributed by atoms with Gasteiger partial charge in [0.05, 0.1) is 24.1 Å². The Bertz CT molecular complexity index is 887. The van der Waals surface area contributed by atoms with Gasteiger partial charge in [-0.3, -0.25) is 4.79 Å². The van der Waals surface area contributed by atoms with Crippen LogP contribution in [0.4, 0.5) is 0 Å². The summed E-state index contributed by atoms with van der Waals surface area (Å²) in [4.78, 5) is 12.3. The molecule has 0 unspecified atom stereocenters. The number of piperidine rings is 1. The third-order valence-electron chi connectivity index (χ3n) is 4.78. The van der Waals surface area contributed by atoms with Crippen LogP contribution in [0.3, 0.4) is 0 Å². The summed E-state index contributed by atoms with van der Waals surface area (Å²) in [6.45, 7) is 2.48. The van der Waals surface area contributed by atoms with E-state index >= 15 is 0 Å². The van der Waals surface area contributed by atoms with Crippen LogP contribution in [-0.2, 0) is 6.42 Å². The molecule has 2 aromatic heterocycles. The number of nitrogens with one attached hydrogen (secondary N) is 2. The SMILES string of the molecule is Cl.O=C(NCCc1cnn(-c2ccccc2)c1)c1cn(C2CCNCC2)nn1. The van der Waals surface area contributed by atoms with Gasteiger partial charge in [-0.15, -0.1) is 17.5 Å². The molecule has 28 heavy (non-hydrogen) atoms. The smallest absolute Gasteiger partial charge is 0.273 e. The van der Waals surface area contributed by atoms with Crippen molar-refractivity contribution in [2.45, 2.75) is 25.3 Å². The topological polar surface area (TPSA) is 89.7 Å². The number of amides is 1. The number of aromatic nitrogens is 5. The normalized spacial score (nSPS) is 14.4. The number of hydrogen-bond acceptors (Lipinski definition) is 5. The third kappa shape index (κ3) is 4.76. The third-order valence-corrected chi connectivity index (χ3v) is 4.78. The van der Waals surface area contributed by atoms with Gasteiger partial charge in [-0.1, -0.05) is 23.4 Å². The van der Waals surface area contributed by atoms with Crippen LogP contribution in [0.5, 0.6) is 0 Å². The Balaban J connectivity index is 0.00000225. The Morgan fingerprint density at radius 2 is 1.96 bits per heavy atom. The van der Waals surface area contributed by atoms with E-state index in [-0.39, 0.29) is 18.3 Å². The van der Waals surface area contributed by atoms with Crippen molar-refractivity contribution in [1.29, 1.82) is 0 Å². The van der Waals surface area contributed by atoms with Gasteiger partial charge in [0.2, 0.25) is 0 Å². The fraction of sp³-hybridized carbons (Fsp3) is 0.368. The predicted octanol–water partition coefficient (Wildman–Crippen LogP) is 1.78. The Hall–Kier alpha value is -2.71. The molecule has 9 heteroatoms. The quantitative estimate of drug-likeness (QED) is 0.657. The first kappa shape index (κ1) is 20.0. The molecule has 3 aromatic rings. The Morgan fingerprint density at radius 3 is 2.75 bits per heavy atom. The van der Waals surface area contributed by atoms with E-state index in [1.54, 1.807) is 6.20 Å². The zero-order valence-corrected chi connectivity index (χ0v) is 16.3. The summed E-state index contributed by atoms with van der Waals surface area (Å²) in [6.07, 6.45) is 8.28. The fourth-order valence-electron chi connectivity index (χ4n) is 3.25. The van der Waals surface area contributed by atoms with Crippen LogP contribution >= 0.6 is 12.4 Å². The van der Waals surface area contributed by atoms with Crippen LogP contribution in [0.25, 0.3) is 5.69 Å². The lowest BCUT2D eigenvalue weighted by molar-refractivity contribution is 0.0949. The summed E-state index contributed by atoms with van der Waals surface area (Å²) < 4.78 is 3.65. The minimum Gasteiger partial charge on any atom is -0.350 e. The molecule has 1 fully saturated rings. The van der Waals surface area contributed by atoms with E-state index in [2.05, 4.69) is 26.0 Å². The molecule has 0 aliphatic carbocycles. The first-order chi connectivity index (χ1) is 13.3. The fourth-order valence-corrected chi connectivity index (χ4v) is 3.25. The van der Waals surface area contributed by atoms with Crippen LogP contribution in [0.2, 0.25) is 0 Å². The van der Waals surface area contributed by atoms with Crippen LogP contribution in [0, 0.1) is 0 Å². The largest absolute Gasteiger partial charge is 0.350 e. The molecule has 1 saturated heterocycles. The van der Waals surface area contributed by atoms with Crippen molar-refractivity contribution in [3.05, 3.63) is 60.2 Å². The number of rotatable bonds is 6. The number of nitrogens with zero attached hydrogens (tertiary/aromatic N) is 5. The molecule has 1 amide bonds. The van der Waals surface area contributed by atoms with Gasteiger partial charge in [0.25, 0.3) is 5.91 Å². The molecule has 8 nitrogen and oxygen atoms in total. The minimum absolute atomic E-state index is 0. The second kappa shape index (κ2) is 9.48. The highest BCUT2D eigenvalue weighted by Gasteiger charge is 2.18. The van der Waals surface area contributed by atoms with Gasteiger partial charge in [0.15, 0.2) is 5.69 Å². The predicted molar refractivity (Wildman–Crippen MR) is 108 cm³/mol. The summed E-state index contributed by atoms with van der Waals surface area (Å²) in [7, 11) is 0. The van der Waals surface area contributed by atoms with Crippen molar-refractivity contribution in [3.8, 4) is 5.69 Å². The van der Waals surface area contributed by atoms with Gasteiger partial charge in [0.1, 0.15) is 0 Å². The van der Waals surface area contributed by atoms with E-state index in [4.69, 9.17) is 0 Å². The molecule has 3 heterocycles. The number of benzene rings is 1. The standard InChI is InChI=1S/C19H23N7O.ClH/c27-19(18-14-26(24-23-18)17-7-9-20-10-8-17)21-11-6-15-12-22-25(13-15)16-4-2-1-3-5-16;/h1-5,12-14,17,20H,6-11H2,(H,21,27);1H. The lowest BCUT2D eigenvalue weighted by Gasteiger charge is -2.22. The van der Waals surface area contributed by atoms with E-state index in [9.17, 15) is 4.79 Å². The molecule has 0 radical (unpaired) electrons. The molecule has 4 rings (SSSR count). The molecule has 148 valence electrons. The molecule has 1 aliphatic heterocycles. The number of hydrogen-bond donors (Lipinski definition) is 2. The van der Waals surface area contributed by atoms with E-state index < -0.39 is 0 Å². The molecule has 2 N–H and O–H groups in total. The number of carbonyl (C=O) groups excluding carboxylic acids is 1. The second-order valence-corrected chi connectivity index (χ2v) is 6.70. The second-order valence-electron chi connectivity index (χ2n) is 6.70. The summed E-state index contributed by atoms with van der Waals surface area (Å²) in [5.74, 6) is -0.189. The van der Waals surface area contributed by atoms with Crippen molar-refractivity contribution in [1.82, 2.24) is 35.4 Å². The van der Waals surface area contributed by atoms with Crippen molar-refractivity contribution < 1.29 is 4.79 Å². The summed E-state index contributed by atoms with van der Waals surface area (Å²) in [5.41, 5.74) is 2.45. The highest BCUT2D eigenvalue weighted by Crippen LogP contribution is 2.17. The van der Waals surface area contributed by atoms with Crippen LogP contribution < -0.4 is 10.6 Å². The molecule has 0 atom stereocenters. The molecule has 1 aliphatic rings. The van der Waals surface area contributed by atoms with Crippen LogP contribution in [-0.4, -0.2) is 50.3 Å². The maximum atomic E-state index is 12.3. The summed E-state index contributed by atoms with van der Waals surface area (Å²) in [5, 5.41) is 18.8. The van der Waals surface area contributed by atoms with Crippen molar-refractivity contribution in [2.75, 3.05) is 19.6 Å². The van der Waals surface area contributed by atoms with Gasteiger partial charge in [-0.2, -0.15) is 5.10 Å². The number of carbonyl (C=O) groups is 1. The molecule has 1 aromatic carbocycles. The van der Waals surface area contributed by atoms with Crippen molar-refractivity contribution in [3.63, 3.8) is 0 Å². The van der Waals surface area contributed by atoms with Crippen LogP contribution in [0.15, 0.2) is 48.9 Å². The van der Waals surface area contributed by atoms with E-state index in [1.165, 1.54) is 0 Å². The summed E-state index contributed by atoms with van der Waals surface area (Å²) in [6, 6.07) is 10.3. The molecular weight excluding hydrogens is 378 g/mol. The van der Waals surface area contributed by atoms with Gasteiger partial charge >= 0.3 is 0 Å². The summed E-state index contributed by atoms with van der Waals surface area (Å²) >= 11 is 0. The minimum atomic E-state index is -0.189. The Morgan fingerprint density at radius 1 is 1.18 bits per heavy atom. The van der Waals surface area contributed by atoms with Gasteiger partial charge in [0, 0.05) is 12.7 Å². The molecule has 0 spiro atoms. The molecule has 0 bridgehead atoms. The highest BCUT2D eigenvalue weighted by atomic mass is 35.5. The lowest BCUT2D eigenvalue weighted by atomic mass is 10.1. The number of para-hydroxylation sites is 1. The number of halogens is 1. The first-order valence-corrected chi connectivity index (χ1v) is 9.29. The maximum Gasteiger partial charge on any atom is 0.273 e. The Labute approximate surface area is 169 Å². The molecule has 0 saturated carbocycles. The zero-order chi connectivity index (χ0) is 18.5. The average Bonchev–Trinajstić information content (AvgIpc) is 3.39. The van der Waals surface area contributed by atoms with E-state index in [0.717, 1.165) is 37.2 Å². The monoisotopic (exact) mass is 401 g/mol. The maximum absolute atomic E-state index is 12.3.